The van der Waals surface area contributed by atoms with Crippen LogP contribution in [0.5, 0.6) is 0 Å². The first-order chi connectivity index (χ1) is 1.73. The Morgan fingerprint density at radius 3 is 1.00 bits per heavy atom. The second-order valence-electron chi connectivity index (χ2n) is 0.224. The third-order valence-corrected chi connectivity index (χ3v) is 0. The van der Waals surface area contributed by atoms with Crippen LogP contribution < -0.4 is 0 Å². The molecule has 0 amide bonds. The van der Waals surface area contributed by atoms with Crippen molar-refractivity contribution in [2.45, 2.75) is 0 Å². The van der Waals surface area contributed by atoms with Gasteiger partial charge in [0.2, 0.25) is 0 Å². The molecule has 0 aromatic rings. The molecule has 0 aliphatic carbocycles. The summed E-state index contributed by atoms with van der Waals surface area (Å²) in [5.41, 5.74) is 0. The van der Waals surface area contributed by atoms with Gasteiger partial charge in [0.25, 0.3) is 0 Å². The van der Waals surface area contributed by atoms with Crippen molar-refractivity contribution in [2.24, 2.45) is 0 Å². The van der Waals surface area contributed by atoms with Crippen molar-refractivity contribution in [3.63, 3.8) is 0 Å². The Morgan fingerprint density at radius 1 is 1.00 bits per heavy atom. The van der Waals surface area contributed by atoms with Gasteiger partial charge in [-0.3, -0.25) is 0 Å². The Labute approximate surface area is 64.3 Å². The number of rotatable bonds is 0. The van der Waals surface area contributed by atoms with Crippen LogP contribution in [-0.2, 0) is 21.1 Å². The van der Waals surface area contributed by atoms with E-state index in [0.29, 0.717) is 0 Å². The quantitative estimate of drug-likeness (QED) is 0.382. The van der Waals surface area contributed by atoms with Crippen LogP contribution in [0.1, 0.15) is 0 Å². The van der Waals surface area contributed by atoms with Crippen LogP contribution in [0.4, 0.5) is 0 Å². The van der Waals surface area contributed by atoms with Crippen LogP contribution in [0, 0.1) is 37.6 Å². The Bertz CT molecular complexity index is 37.5. The Hall–Kier alpha value is -0.112. The molecule has 5 heteroatoms. The Morgan fingerprint density at radius 2 is 1.00 bits per heavy atom. The molecule has 8 heavy (non-hydrogen) atoms. The van der Waals surface area contributed by atoms with E-state index in [9.17, 15) is 0 Å². The van der Waals surface area contributed by atoms with Gasteiger partial charge in [-0.1, -0.05) is 0 Å². The average molecular weight is 302 g/mol. The van der Waals surface area contributed by atoms with Crippen LogP contribution in [0.3, 0.4) is 0 Å². The molecule has 0 aromatic heterocycles. The normalized spacial score (nSPS) is 3.00. The average Bonchev–Trinajstić information content (AvgIpc) is 0.811. The van der Waals surface area contributed by atoms with Gasteiger partial charge in [-0.15, -0.1) is 0 Å². The summed E-state index contributed by atoms with van der Waals surface area (Å²) in [4.78, 5) is 8.25. The topological polar surface area (TPSA) is 66.2 Å². The molecule has 0 saturated heterocycles. The van der Waals surface area contributed by atoms with Crippen LogP contribution >= 0.6 is 0 Å². The molecule has 0 atom stereocenters. The summed E-state index contributed by atoms with van der Waals surface area (Å²) in [6.45, 7) is 0. The van der Waals surface area contributed by atoms with Crippen molar-refractivity contribution < 1.29 is 26.2 Å². The molecule has 0 spiro atoms. The van der Waals surface area contributed by atoms with Gasteiger partial charge in [-0.05, 0) is 0 Å². The van der Waals surface area contributed by atoms with E-state index in [2.05, 4.69) is 0 Å². The van der Waals surface area contributed by atoms with Gasteiger partial charge in [-0.25, -0.2) is 0 Å². The van der Waals surface area contributed by atoms with Crippen molar-refractivity contribution >= 4 is 0 Å². The van der Waals surface area contributed by atoms with Gasteiger partial charge in [0.15, 0.2) is 0 Å². The number of hydrogen-bond acceptors (Lipinski definition) is 3. The smallest absolute Gasteiger partial charge is 0.358 e. The summed E-state index contributed by atoms with van der Waals surface area (Å²) in [5.74, 6) is 0. The van der Waals surface area contributed by atoms with Gasteiger partial charge >= 0.3 is 21.1 Å². The maximum atomic E-state index is 8.25. The molecular weight excluding hydrogens is 293 g/mol. The largest absolute Gasteiger partial charge is 2.00 e. The molecule has 4 nitrogen and oxygen atoms in total. The summed E-state index contributed by atoms with van der Waals surface area (Å²) in [6, 6.07) is 0. The maximum Gasteiger partial charge on any atom is 2.00 e. The minimum absolute atomic E-state index is 0. The number of nitrogens with zero attached hydrogens (tertiary/aromatic N) is 1. The molecule has 0 aliphatic heterocycles. The van der Waals surface area contributed by atoms with Crippen LogP contribution in [0.25, 0.3) is 0 Å². The molecule has 0 aliphatic rings. The minimum Gasteiger partial charge on any atom is -0.358 e. The summed E-state index contributed by atoms with van der Waals surface area (Å²) < 4.78 is 0. The van der Waals surface area contributed by atoms with Gasteiger partial charge < -0.3 is 37.6 Å². The molecule has 0 fully saturated rings. The van der Waals surface area contributed by atoms with Gasteiger partial charge in [0.05, 0.1) is 5.09 Å². The molecule has 0 bridgehead atoms. The third-order valence-electron chi connectivity index (χ3n) is 0. The zero-order valence-corrected chi connectivity index (χ0v) is 7.26. The predicted molar refractivity (Wildman–Crippen MR) is 29.6 cm³/mol. The van der Waals surface area contributed by atoms with Crippen molar-refractivity contribution in [3.05, 3.63) is 37.6 Å². The molecule has 0 heterocycles. The van der Waals surface area contributed by atoms with Crippen LogP contribution in [-0.4, -0.2) is 5.09 Å². The number of hydrogen-bond donors (Lipinski definition) is 0. The fraction of sp³-hybridized carbons (Fsp3) is 0. The first kappa shape index (κ1) is 44.9. The van der Waals surface area contributed by atoms with E-state index in [-0.39, 0.29) is 43.3 Å². The monoisotopic (exact) mass is 302 g/mol. The molecule has 0 unspecified atom stereocenters. The van der Waals surface area contributed by atoms with E-state index in [0.717, 1.165) is 0 Å². The second-order valence-corrected chi connectivity index (χ2v) is 0.224. The molecular formula is C3H9NO3Pt-2. The summed E-state index contributed by atoms with van der Waals surface area (Å²) >= 11 is 0. The van der Waals surface area contributed by atoms with Crippen LogP contribution in [0.15, 0.2) is 0 Å². The van der Waals surface area contributed by atoms with Crippen molar-refractivity contribution in [1.82, 2.24) is 0 Å². The third kappa shape index (κ3) is 11300. The van der Waals surface area contributed by atoms with E-state index in [4.69, 9.17) is 15.3 Å². The molecule has 0 rings (SSSR count). The zero-order valence-electron chi connectivity index (χ0n) is 4.99. The fourth-order valence-electron chi connectivity index (χ4n) is 0. The SMILES string of the molecule is O=[N+]([O-])[O-].[CH3-].[CH3-].[CH3-].[Pt+2]. The van der Waals surface area contributed by atoms with Gasteiger partial charge in [0, 0.05) is 0 Å². The standard InChI is InChI=1S/3CH3.NO3.Pt/c;;;2-1(3)4;/h3*1H3;;/q4*-1;+2. The summed E-state index contributed by atoms with van der Waals surface area (Å²) in [7, 11) is 0. The Kier molecular flexibility index (Phi) is 161. The zero-order chi connectivity index (χ0) is 3.58. The second kappa shape index (κ2) is 28.6. The van der Waals surface area contributed by atoms with Gasteiger partial charge in [0.1, 0.15) is 0 Å². The molecule has 56 valence electrons. The fourth-order valence-corrected chi connectivity index (χ4v) is 0. The van der Waals surface area contributed by atoms with E-state index in [1.54, 1.807) is 0 Å². The molecule has 0 N–H and O–H groups in total. The van der Waals surface area contributed by atoms with E-state index < -0.39 is 5.09 Å². The Balaban J connectivity index is -0.00000000750. The summed E-state index contributed by atoms with van der Waals surface area (Å²) in [5, 5.41) is 14.8. The minimum atomic E-state index is -1.75. The van der Waals surface area contributed by atoms with Crippen molar-refractivity contribution in [1.29, 1.82) is 0 Å². The van der Waals surface area contributed by atoms with Gasteiger partial charge in [-0.2, -0.15) is 0 Å². The van der Waals surface area contributed by atoms with Crippen molar-refractivity contribution in [3.8, 4) is 0 Å². The molecule has 0 radical (unpaired) electrons. The maximum absolute atomic E-state index is 8.25. The first-order valence-corrected chi connectivity index (χ1v) is 0.548. The predicted octanol–water partition coefficient (Wildman–Crippen LogP) is 1.11. The summed E-state index contributed by atoms with van der Waals surface area (Å²) in [6.07, 6.45) is 0. The van der Waals surface area contributed by atoms with E-state index in [1.165, 1.54) is 0 Å². The van der Waals surface area contributed by atoms with Crippen molar-refractivity contribution in [2.75, 3.05) is 0 Å². The van der Waals surface area contributed by atoms with E-state index >= 15 is 0 Å². The first-order valence-electron chi connectivity index (χ1n) is 0.548. The molecule has 0 saturated carbocycles. The van der Waals surface area contributed by atoms with Crippen LogP contribution in [0.2, 0.25) is 0 Å². The molecule has 0 aromatic carbocycles. The van der Waals surface area contributed by atoms with E-state index in [1.807, 2.05) is 0 Å².